The summed E-state index contributed by atoms with van der Waals surface area (Å²) in [5.41, 5.74) is 0.380. The van der Waals surface area contributed by atoms with Crippen molar-refractivity contribution in [3.8, 4) is 0 Å². The van der Waals surface area contributed by atoms with E-state index in [1.54, 1.807) is 0 Å². The lowest BCUT2D eigenvalue weighted by Gasteiger charge is -2.10. The molecule has 1 N–H and O–H groups in total. The van der Waals surface area contributed by atoms with Gasteiger partial charge < -0.3 is 10.2 Å². The number of halogens is 4. The van der Waals surface area contributed by atoms with Crippen LogP contribution in [0.3, 0.4) is 0 Å². The molecule has 3 rings (SSSR count). The minimum atomic E-state index is -0.941. The standard InChI is InChI=1S/C15H9Cl3FN3O2/c16-7-4-9(18)14(20-6-7)21-15(23)12-5-11(22-24-12)13-8(17)2-1-3-10(13)19/h1-4,6,12H,5H2,(H,20,21,23). The third kappa shape index (κ3) is 3.45. The van der Waals surface area contributed by atoms with Crippen LogP contribution >= 0.6 is 34.8 Å². The average Bonchev–Trinajstić information content (AvgIpc) is 2.99. The number of benzene rings is 1. The van der Waals surface area contributed by atoms with Crippen molar-refractivity contribution in [1.29, 1.82) is 0 Å². The molecule has 1 aliphatic rings. The Balaban J connectivity index is 1.71. The van der Waals surface area contributed by atoms with Gasteiger partial charge in [0, 0.05) is 12.6 Å². The molecule has 1 aromatic carbocycles. The zero-order chi connectivity index (χ0) is 17.3. The van der Waals surface area contributed by atoms with E-state index in [0.29, 0.717) is 5.02 Å². The smallest absolute Gasteiger partial charge is 0.269 e. The second-order valence-electron chi connectivity index (χ2n) is 4.91. The molecule has 0 radical (unpaired) electrons. The molecule has 24 heavy (non-hydrogen) atoms. The first-order chi connectivity index (χ1) is 11.5. The number of anilines is 1. The Morgan fingerprint density at radius 3 is 2.79 bits per heavy atom. The van der Waals surface area contributed by atoms with Gasteiger partial charge in [0.15, 0.2) is 5.82 Å². The maximum atomic E-state index is 13.9. The quantitative estimate of drug-likeness (QED) is 0.852. The molecule has 2 heterocycles. The van der Waals surface area contributed by atoms with Gasteiger partial charge in [-0.15, -0.1) is 0 Å². The molecule has 0 spiro atoms. The summed E-state index contributed by atoms with van der Waals surface area (Å²) < 4.78 is 13.9. The maximum absolute atomic E-state index is 13.9. The molecular weight excluding hydrogens is 380 g/mol. The SMILES string of the molecule is O=C(Nc1ncc(Cl)cc1Cl)C1CC(c2c(F)cccc2Cl)=NO1. The Hall–Kier alpha value is -1.89. The number of carbonyl (C=O) groups is 1. The highest BCUT2D eigenvalue weighted by atomic mass is 35.5. The summed E-state index contributed by atoms with van der Waals surface area (Å²) in [6.07, 6.45) is 0.473. The summed E-state index contributed by atoms with van der Waals surface area (Å²) in [5.74, 6) is -0.904. The fourth-order valence-corrected chi connectivity index (χ4v) is 2.84. The number of aromatic nitrogens is 1. The predicted octanol–water partition coefficient (Wildman–Crippen LogP) is 4.31. The van der Waals surface area contributed by atoms with Crippen LogP contribution in [0.2, 0.25) is 15.1 Å². The van der Waals surface area contributed by atoms with Gasteiger partial charge in [-0.2, -0.15) is 0 Å². The Morgan fingerprint density at radius 1 is 1.29 bits per heavy atom. The number of carbonyl (C=O) groups excluding carboxylic acids is 1. The number of amides is 1. The van der Waals surface area contributed by atoms with Crippen molar-refractivity contribution in [3.63, 3.8) is 0 Å². The lowest BCUT2D eigenvalue weighted by Crippen LogP contribution is -2.28. The first-order valence-electron chi connectivity index (χ1n) is 6.74. The van der Waals surface area contributed by atoms with Gasteiger partial charge in [-0.1, -0.05) is 46.0 Å². The number of nitrogens with one attached hydrogen (secondary N) is 1. The van der Waals surface area contributed by atoms with E-state index in [9.17, 15) is 9.18 Å². The van der Waals surface area contributed by atoms with Gasteiger partial charge in [0.25, 0.3) is 5.91 Å². The Kier molecular flexibility index (Phi) is 4.89. The third-order valence-corrected chi connectivity index (χ3v) is 4.07. The third-order valence-electron chi connectivity index (χ3n) is 3.26. The van der Waals surface area contributed by atoms with Crippen LogP contribution in [0.15, 0.2) is 35.6 Å². The summed E-state index contributed by atoms with van der Waals surface area (Å²) in [5, 5.41) is 7.00. The second kappa shape index (κ2) is 6.93. The Bertz CT molecular complexity index is 824. The topological polar surface area (TPSA) is 63.6 Å². The van der Waals surface area contributed by atoms with E-state index in [1.165, 1.54) is 30.5 Å². The number of nitrogens with zero attached hydrogens (tertiary/aromatic N) is 2. The minimum absolute atomic E-state index is 0.0672. The van der Waals surface area contributed by atoms with Crippen LogP contribution in [0.1, 0.15) is 12.0 Å². The Morgan fingerprint density at radius 2 is 2.08 bits per heavy atom. The van der Waals surface area contributed by atoms with Gasteiger partial charge in [0.1, 0.15) is 5.82 Å². The molecule has 1 unspecified atom stereocenters. The predicted molar refractivity (Wildman–Crippen MR) is 90.3 cm³/mol. The van der Waals surface area contributed by atoms with Crippen molar-refractivity contribution in [2.75, 3.05) is 5.32 Å². The zero-order valence-electron chi connectivity index (χ0n) is 11.9. The monoisotopic (exact) mass is 387 g/mol. The molecule has 1 atom stereocenters. The summed E-state index contributed by atoms with van der Waals surface area (Å²) in [6.45, 7) is 0. The van der Waals surface area contributed by atoms with Gasteiger partial charge in [0.2, 0.25) is 6.10 Å². The van der Waals surface area contributed by atoms with Crippen molar-refractivity contribution in [3.05, 3.63) is 56.9 Å². The van der Waals surface area contributed by atoms with E-state index in [1.807, 2.05) is 0 Å². The van der Waals surface area contributed by atoms with Gasteiger partial charge in [-0.25, -0.2) is 9.37 Å². The highest BCUT2D eigenvalue weighted by Gasteiger charge is 2.31. The van der Waals surface area contributed by atoms with Gasteiger partial charge in [0.05, 0.1) is 26.3 Å². The number of rotatable bonds is 3. The number of oxime groups is 1. The zero-order valence-corrected chi connectivity index (χ0v) is 14.2. The largest absolute Gasteiger partial charge is 0.382 e. The summed E-state index contributed by atoms with van der Waals surface area (Å²) >= 11 is 17.7. The highest BCUT2D eigenvalue weighted by molar-refractivity contribution is 6.36. The number of pyridine rings is 1. The molecule has 1 aromatic heterocycles. The molecule has 2 aromatic rings. The summed E-state index contributed by atoms with van der Waals surface area (Å²) in [4.78, 5) is 21.2. The van der Waals surface area contributed by atoms with Gasteiger partial charge >= 0.3 is 0 Å². The summed E-state index contributed by atoms with van der Waals surface area (Å²) in [6, 6.07) is 5.72. The Labute approximate surface area is 151 Å². The molecule has 0 aliphatic carbocycles. The van der Waals surface area contributed by atoms with E-state index >= 15 is 0 Å². The van der Waals surface area contributed by atoms with Crippen molar-refractivity contribution in [2.24, 2.45) is 5.16 Å². The molecule has 1 amide bonds. The molecule has 124 valence electrons. The highest BCUT2D eigenvalue weighted by Crippen LogP contribution is 2.27. The molecule has 5 nitrogen and oxygen atoms in total. The minimum Gasteiger partial charge on any atom is -0.382 e. The van der Waals surface area contributed by atoms with E-state index in [4.69, 9.17) is 39.6 Å². The summed E-state index contributed by atoms with van der Waals surface area (Å²) in [7, 11) is 0. The van der Waals surface area contributed by atoms with Gasteiger partial charge in [-0.05, 0) is 18.2 Å². The van der Waals surface area contributed by atoms with E-state index in [-0.39, 0.29) is 33.6 Å². The van der Waals surface area contributed by atoms with Crippen molar-refractivity contribution >= 4 is 52.2 Å². The van der Waals surface area contributed by atoms with Crippen LogP contribution in [0.25, 0.3) is 0 Å². The van der Waals surface area contributed by atoms with Crippen LogP contribution in [-0.4, -0.2) is 22.7 Å². The molecule has 0 saturated carbocycles. The van der Waals surface area contributed by atoms with Crippen molar-refractivity contribution in [2.45, 2.75) is 12.5 Å². The van der Waals surface area contributed by atoms with Gasteiger partial charge in [-0.3, -0.25) is 4.79 Å². The average molecular weight is 389 g/mol. The fourth-order valence-electron chi connectivity index (χ4n) is 2.14. The first-order valence-corrected chi connectivity index (χ1v) is 7.88. The lowest BCUT2D eigenvalue weighted by molar-refractivity contribution is -0.125. The lowest BCUT2D eigenvalue weighted by atomic mass is 10.0. The first kappa shape index (κ1) is 17.0. The van der Waals surface area contributed by atoms with Crippen LogP contribution in [0.4, 0.5) is 10.2 Å². The van der Waals surface area contributed by atoms with Crippen LogP contribution in [0, 0.1) is 5.82 Å². The molecule has 9 heteroatoms. The maximum Gasteiger partial charge on any atom is 0.269 e. The number of hydrogen-bond acceptors (Lipinski definition) is 4. The van der Waals surface area contributed by atoms with Crippen molar-refractivity contribution < 1.29 is 14.0 Å². The fraction of sp³-hybridized carbons (Fsp3) is 0.133. The van der Waals surface area contributed by atoms with Crippen LogP contribution < -0.4 is 5.32 Å². The van der Waals surface area contributed by atoms with Crippen molar-refractivity contribution in [1.82, 2.24) is 4.98 Å². The molecule has 1 aliphatic heterocycles. The molecule has 0 fully saturated rings. The number of hydrogen-bond donors (Lipinski definition) is 1. The van der Waals surface area contributed by atoms with Crippen LogP contribution in [-0.2, 0) is 9.63 Å². The molecule has 0 saturated heterocycles. The van der Waals surface area contributed by atoms with E-state index in [2.05, 4.69) is 15.5 Å². The van der Waals surface area contributed by atoms with E-state index in [0.717, 1.165) is 0 Å². The second-order valence-corrected chi connectivity index (χ2v) is 6.16. The normalized spacial score (nSPS) is 16.5. The molecule has 0 bridgehead atoms. The molecular formula is C15H9Cl3FN3O2. The van der Waals surface area contributed by atoms with E-state index < -0.39 is 17.8 Å². The van der Waals surface area contributed by atoms with Crippen LogP contribution in [0.5, 0.6) is 0 Å².